The van der Waals surface area contributed by atoms with Crippen molar-refractivity contribution in [1.29, 1.82) is 0 Å². The highest BCUT2D eigenvalue weighted by Gasteiger charge is 2.37. The fourth-order valence-electron chi connectivity index (χ4n) is 3.38. The number of amides is 1. The fraction of sp³-hybridized carbons (Fsp3) is 0.526. The summed E-state index contributed by atoms with van der Waals surface area (Å²) in [6.45, 7) is 7.35. The molecule has 25 heavy (non-hydrogen) atoms. The number of hydrogen-bond acceptors (Lipinski definition) is 5. The van der Waals surface area contributed by atoms with Crippen molar-refractivity contribution in [1.82, 2.24) is 20.4 Å². The van der Waals surface area contributed by atoms with Crippen LogP contribution in [0.25, 0.3) is 0 Å². The van der Waals surface area contributed by atoms with E-state index in [1.807, 2.05) is 37.3 Å². The number of benzene rings is 1. The minimum atomic E-state index is -0.342. The SMILES string of the molecule is CCN1CCCC(C)(C(=O)NCc2noc(Cc3ccccc3)n2)C1. The van der Waals surface area contributed by atoms with Crippen LogP contribution in [-0.4, -0.2) is 40.6 Å². The fourth-order valence-corrected chi connectivity index (χ4v) is 3.38. The lowest BCUT2D eigenvalue weighted by molar-refractivity contribution is -0.133. The predicted octanol–water partition coefficient (Wildman–Crippen LogP) is 2.40. The molecule has 1 saturated heterocycles. The van der Waals surface area contributed by atoms with Gasteiger partial charge in [0.05, 0.1) is 18.4 Å². The number of carbonyl (C=O) groups excluding carboxylic acids is 1. The van der Waals surface area contributed by atoms with Gasteiger partial charge in [0.15, 0.2) is 5.82 Å². The number of likely N-dealkylation sites (tertiary alicyclic amines) is 1. The van der Waals surface area contributed by atoms with E-state index < -0.39 is 0 Å². The van der Waals surface area contributed by atoms with E-state index in [-0.39, 0.29) is 11.3 Å². The molecule has 1 unspecified atom stereocenters. The number of aromatic nitrogens is 2. The van der Waals surface area contributed by atoms with Gasteiger partial charge in [-0.2, -0.15) is 4.98 Å². The third-order valence-corrected chi connectivity index (χ3v) is 4.89. The molecule has 2 aromatic rings. The van der Waals surface area contributed by atoms with Crippen LogP contribution in [0.1, 0.15) is 44.0 Å². The summed E-state index contributed by atoms with van der Waals surface area (Å²) in [5.74, 6) is 1.16. The van der Waals surface area contributed by atoms with Crippen LogP contribution < -0.4 is 5.32 Å². The largest absolute Gasteiger partial charge is 0.348 e. The first-order valence-electron chi connectivity index (χ1n) is 8.95. The Bertz CT molecular complexity index is 700. The van der Waals surface area contributed by atoms with Gasteiger partial charge in [-0.05, 0) is 38.4 Å². The summed E-state index contributed by atoms with van der Waals surface area (Å²) < 4.78 is 5.29. The topological polar surface area (TPSA) is 71.3 Å². The summed E-state index contributed by atoms with van der Waals surface area (Å²) in [4.78, 5) is 19.3. The van der Waals surface area contributed by atoms with Crippen LogP contribution in [0.5, 0.6) is 0 Å². The minimum absolute atomic E-state index is 0.0695. The molecule has 1 fully saturated rings. The number of carbonyl (C=O) groups is 1. The maximum Gasteiger partial charge on any atom is 0.231 e. The monoisotopic (exact) mass is 342 g/mol. The van der Waals surface area contributed by atoms with Gasteiger partial charge < -0.3 is 14.7 Å². The van der Waals surface area contributed by atoms with E-state index in [2.05, 4.69) is 27.3 Å². The van der Waals surface area contributed by atoms with Crippen LogP contribution in [0.2, 0.25) is 0 Å². The number of piperidine rings is 1. The van der Waals surface area contributed by atoms with Crippen molar-refractivity contribution in [2.45, 2.75) is 39.7 Å². The Hall–Kier alpha value is -2.21. The van der Waals surface area contributed by atoms with Crippen LogP contribution in [0.4, 0.5) is 0 Å². The lowest BCUT2D eigenvalue weighted by atomic mass is 9.81. The second-order valence-electron chi connectivity index (χ2n) is 6.98. The van der Waals surface area contributed by atoms with Gasteiger partial charge in [0.2, 0.25) is 11.8 Å². The van der Waals surface area contributed by atoms with Gasteiger partial charge in [0.25, 0.3) is 0 Å². The maximum absolute atomic E-state index is 12.6. The average Bonchev–Trinajstić information content (AvgIpc) is 3.08. The Morgan fingerprint density at radius 2 is 2.16 bits per heavy atom. The molecule has 1 aromatic carbocycles. The average molecular weight is 342 g/mol. The van der Waals surface area contributed by atoms with Crippen molar-refractivity contribution in [3.8, 4) is 0 Å². The first-order chi connectivity index (χ1) is 12.1. The summed E-state index contributed by atoms with van der Waals surface area (Å²) in [5, 5.41) is 6.95. The maximum atomic E-state index is 12.6. The Balaban J connectivity index is 1.54. The highest BCUT2D eigenvalue weighted by molar-refractivity contribution is 5.82. The molecule has 134 valence electrons. The zero-order valence-electron chi connectivity index (χ0n) is 15.0. The molecular formula is C19H26N4O2. The molecule has 1 atom stereocenters. The van der Waals surface area contributed by atoms with E-state index >= 15 is 0 Å². The van der Waals surface area contributed by atoms with Crippen LogP contribution >= 0.6 is 0 Å². The molecule has 0 spiro atoms. The lowest BCUT2D eigenvalue weighted by Crippen LogP contribution is -2.50. The van der Waals surface area contributed by atoms with Crippen molar-refractivity contribution >= 4 is 5.91 Å². The van der Waals surface area contributed by atoms with E-state index in [0.29, 0.717) is 24.7 Å². The van der Waals surface area contributed by atoms with Crippen LogP contribution in [-0.2, 0) is 17.8 Å². The van der Waals surface area contributed by atoms with E-state index in [1.54, 1.807) is 0 Å². The number of hydrogen-bond donors (Lipinski definition) is 1. The van der Waals surface area contributed by atoms with Gasteiger partial charge >= 0.3 is 0 Å². The Morgan fingerprint density at radius 3 is 2.92 bits per heavy atom. The van der Waals surface area contributed by atoms with Gasteiger partial charge in [-0.3, -0.25) is 4.79 Å². The van der Waals surface area contributed by atoms with E-state index in [9.17, 15) is 4.79 Å². The standard InChI is InChI=1S/C19H26N4O2/c1-3-23-11-7-10-19(2,14-23)18(24)20-13-16-21-17(25-22-16)12-15-8-5-4-6-9-15/h4-6,8-9H,3,7,10-14H2,1-2H3,(H,20,24). The highest BCUT2D eigenvalue weighted by Crippen LogP contribution is 2.29. The van der Waals surface area contributed by atoms with E-state index in [0.717, 1.165) is 38.0 Å². The Morgan fingerprint density at radius 1 is 1.36 bits per heavy atom. The number of nitrogens with zero attached hydrogens (tertiary/aromatic N) is 3. The van der Waals surface area contributed by atoms with Crippen molar-refractivity contribution in [2.75, 3.05) is 19.6 Å². The quantitative estimate of drug-likeness (QED) is 0.873. The number of nitrogens with one attached hydrogen (secondary N) is 1. The summed E-state index contributed by atoms with van der Waals surface area (Å²) >= 11 is 0. The molecule has 6 nitrogen and oxygen atoms in total. The van der Waals surface area contributed by atoms with Crippen LogP contribution in [0, 0.1) is 5.41 Å². The van der Waals surface area contributed by atoms with Gasteiger partial charge in [-0.15, -0.1) is 0 Å². The molecular weight excluding hydrogens is 316 g/mol. The molecule has 0 saturated carbocycles. The molecule has 2 heterocycles. The summed E-state index contributed by atoms with van der Waals surface area (Å²) in [6.07, 6.45) is 2.58. The zero-order valence-corrected chi connectivity index (χ0v) is 15.0. The van der Waals surface area contributed by atoms with Gasteiger partial charge in [0, 0.05) is 6.54 Å². The molecule has 1 amide bonds. The highest BCUT2D eigenvalue weighted by atomic mass is 16.5. The molecule has 1 aliphatic rings. The summed E-state index contributed by atoms with van der Waals surface area (Å²) in [5.41, 5.74) is 0.779. The second-order valence-corrected chi connectivity index (χ2v) is 6.98. The predicted molar refractivity (Wildman–Crippen MR) is 94.8 cm³/mol. The number of rotatable bonds is 6. The second kappa shape index (κ2) is 7.78. The van der Waals surface area contributed by atoms with Crippen molar-refractivity contribution in [3.05, 3.63) is 47.6 Å². The molecule has 0 radical (unpaired) electrons. The van der Waals surface area contributed by atoms with Crippen LogP contribution in [0.3, 0.4) is 0 Å². The van der Waals surface area contributed by atoms with Crippen molar-refractivity contribution < 1.29 is 9.32 Å². The molecule has 1 N–H and O–H groups in total. The molecule has 6 heteroatoms. The Kier molecular flexibility index (Phi) is 5.48. The molecule has 1 aromatic heterocycles. The van der Waals surface area contributed by atoms with Crippen molar-refractivity contribution in [2.24, 2.45) is 5.41 Å². The zero-order chi connectivity index (χ0) is 17.7. The van der Waals surface area contributed by atoms with Crippen molar-refractivity contribution in [3.63, 3.8) is 0 Å². The first kappa shape index (κ1) is 17.6. The first-order valence-corrected chi connectivity index (χ1v) is 8.95. The van der Waals surface area contributed by atoms with Crippen LogP contribution in [0.15, 0.2) is 34.9 Å². The summed E-state index contributed by atoms with van der Waals surface area (Å²) in [7, 11) is 0. The van der Waals surface area contributed by atoms with E-state index in [1.165, 1.54) is 0 Å². The lowest BCUT2D eigenvalue weighted by Gasteiger charge is -2.38. The third kappa shape index (κ3) is 4.45. The normalized spacial score (nSPS) is 21.2. The van der Waals surface area contributed by atoms with Gasteiger partial charge in [-0.1, -0.05) is 42.4 Å². The van der Waals surface area contributed by atoms with E-state index in [4.69, 9.17) is 4.52 Å². The molecule has 1 aliphatic heterocycles. The molecule has 0 aliphatic carbocycles. The van der Waals surface area contributed by atoms with Gasteiger partial charge in [0.1, 0.15) is 0 Å². The van der Waals surface area contributed by atoms with Gasteiger partial charge in [-0.25, -0.2) is 0 Å². The molecule has 3 rings (SSSR count). The summed E-state index contributed by atoms with van der Waals surface area (Å²) in [6, 6.07) is 9.99. The third-order valence-electron chi connectivity index (χ3n) is 4.89. The molecule has 0 bridgehead atoms. The minimum Gasteiger partial charge on any atom is -0.348 e. The smallest absolute Gasteiger partial charge is 0.231 e. The Labute approximate surface area is 148 Å².